The van der Waals surface area contributed by atoms with Crippen LogP contribution in [0.25, 0.3) is 10.4 Å². The van der Waals surface area contributed by atoms with Gasteiger partial charge in [0.1, 0.15) is 0 Å². The largest absolute Gasteiger partial charge is 0.330 e. The molecular weight excluding hydrogens is 270 g/mol. The number of thiophene rings is 1. The van der Waals surface area contributed by atoms with Crippen LogP contribution in [0.3, 0.4) is 0 Å². The molecule has 78 valence electrons. The molecule has 0 radical (unpaired) electrons. The third-order valence-electron chi connectivity index (χ3n) is 2.20. The van der Waals surface area contributed by atoms with E-state index in [1.165, 1.54) is 16.0 Å². The quantitative estimate of drug-likeness (QED) is 0.913. The van der Waals surface area contributed by atoms with Gasteiger partial charge in [0.25, 0.3) is 0 Å². The standard InChI is InChI=1S/C12H12BrNS/c13-11-3-1-2-10(7-11)12-6-9(4-5-14)8-15-12/h1-3,6-8H,4-5,14H2. The Labute approximate surface area is 102 Å². The lowest BCUT2D eigenvalue weighted by molar-refractivity contribution is 0.974. The maximum atomic E-state index is 5.53. The average molecular weight is 282 g/mol. The highest BCUT2D eigenvalue weighted by Gasteiger charge is 2.02. The Morgan fingerprint density at radius 1 is 1.27 bits per heavy atom. The van der Waals surface area contributed by atoms with Crippen molar-refractivity contribution in [3.05, 3.63) is 45.7 Å². The Kier molecular flexibility index (Phi) is 3.57. The van der Waals surface area contributed by atoms with Crippen molar-refractivity contribution < 1.29 is 0 Å². The maximum absolute atomic E-state index is 5.53. The molecule has 0 atom stereocenters. The van der Waals surface area contributed by atoms with Gasteiger partial charge in [0, 0.05) is 9.35 Å². The van der Waals surface area contributed by atoms with E-state index in [1.54, 1.807) is 11.3 Å². The van der Waals surface area contributed by atoms with Crippen LogP contribution in [0, 0.1) is 0 Å². The van der Waals surface area contributed by atoms with Crippen LogP contribution in [0.15, 0.2) is 40.2 Å². The molecule has 0 aliphatic heterocycles. The molecule has 1 aromatic carbocycles. The van der Waals surface area contributed by atoms with Crippen LogP contribution >= 0.6 is 27.3 Å². The van der Waals surface area contributed by atoms with Crippen molar-refractivity contribution >= 4 is 27.3 Å². The molecule has 0 saturated heterocycles. The second-order valence-corrected chi connectivity index (χ2v) is 5.20. The fourth-order valence-electron chi connectivity index (χ4n) is 1.47. The topological polar surface area (TPSA) is 26.0 Å². The zero-order valence-corrected chi connectivity index (χ0v) is 10.6. The first-order valence-electron chi connectivity index (χ1n) is 4.83. The molecule has 0 fully saturated rings. The molecule has 1 nitrogen and oxygen atoms in total. The van der Waals surface area contributed by atoms with Gasteiger partial charge < -0.3 is 5.73 Å². The second kappa shape index (κ2) is 4.92. The molecule has 0 unspecified atom stereocenters. The molecule has 2 N–H and O–H groups in total. The van der Waals surface area contributed by atoms with E-state index in [1.807, 2.05) is 6.07 Å². The fourth-order valence-corrected chi connectivity index (χ4v) is 2.81. The third-order valence-corrected chi connectivity index (χ3v) is 3.72. The summed E-state index contributed by atoms with van der Waals surface area (Å²) in [5, 5.41) is 2.18. The minimum Gasteiger partial charge on any atom is -0.330 e. The maximum Gasteiger partial charge on any atom is 0.0345 e. The highest BCUT2D eigenvalue weighted by molar-refractivity contribution is 9.10. The summed E-state index contributed by atoms with van der Waals surface area (Å²) in [5.41, 5.74) is 8.12. The van der Waals surface area contributed by atoms with Gasteiger partial charge in [-0.3, -0.25) is 0 Å². The first kappa shape index (κ1) is 10.9. The summed E-state index contributed by atoms with van der Waals surface area (Å²) in [6, 6.07) is 10.6. The predicted octanol–water partition coefficient (Wildman–Crippen LogP) is 3.68. The molecule has 3 heteroatoms. The molecule has 0 saturated carbocycles. The number of nitrogens with two attached hydrogens (primary N) is 1. The van der Waals surface area contributed by atoms with Gasteiger partial charge >= 0.3 is 0 Å². The molecule has 0 aliphatic carbocycles. The molecule has 1 heterocycles. The van der Waals surface area contributed by atoms with Gasteiger partial charge in [-0.2, -0.15) is 0 Å². The van der Waals surface area contributed by atoms with Crippen LogP contribution in [0.4, 0.5) is 0 Å². The molecule has 2 aromatic rings. The number of halogens is 1. The van der Waals surface area contributed by atoms with Gasteiger partial charge in [-0.25, -0.2) is 0 Å². The predicted molar refractivity (Wildman–Crippen MR) is 70.2 cm³/mol. The van der Waals surface area contributed by atoms with E-state index in [0.717, 1.165) is 10.9 Å². The van der Waals surface area contributed by atoms with E-state index in [9.17, 15) is 0 Å². The molecule has 0 aliphatic rings. The van der Waals surface area contributed by atoms with Crippen molar-refractivity contribution in [2.24, 2.45) is 5.73 Å². The highest BCUT2D eigenvalue weighted by atomic mass is 79.9. The Morgan fingerprint density at radius 3 is 2.87 bits per heavy atom. The zero-order chi connectivity index (χ0) is 10.7. The number of rotatable bonds is 3. The van der Waals surface area contributed by atoms with Gasteiger partial charge in [0.2, 0.25) is 0 Å². The molecule has 0 spiro atoms. The van der Waals surface area contributed by atoms with E-state index in [-0.39, 0.29) is 0 Å². The summed E-state index contributed by atoms with van der Waals surface area (Å²) in [7, 11) is 0. The summed E-state index contributed by atoms with van der Waals surface area (Å²) in [6.07, 6.45) is 0.963. The molecule has 2 rings (SSSR count). The van der Waals surface area contributed by atoms with Crippen molar-refractivity contribution in [2.45, 2.75) is 6.42 Å². The molecule has 1 aromatic heterocycles. The van der Waals surface area contributed by atoms with Gasteiger partial charge in [-0.15, -0.1) is 11.3 Å². The molecular formula is C12H12BrNS. The van der Waals surface area contributed by atoms with Crippen molar-refractivity contribution in [3.8, 4) is 10.4 Å². The van der Waals surface area contributed by atoms with Crippen LogP contribution < -0.4 is 5.73 Å². The van der Waals surface area contributed by atoms with Crippen molar-refractivity contribution in [2.75, 3.05) is 6.54 Å². The summed E-state index contributed by atoms with van der Waals surface area (Å²) < 4.78 is 1.12. The van der Waals surface area contributed by atoms with E-state index in [2.05, 4.69) is 45.6 Å². The van der Waals surface area contributed by atoms with Gasteiger partial charge in [0.05, 0.1) is 0 Å². The van der Waals surface area contributed by atoms with E-state index < -0.39 is 0 Å². The smallest absolute Gasteiger partial charge is 0.0345 e. The minimum absolute atomic E-state index is 0.717. The van der Waals surface area contributed by atoms with E-state index in [4.69, 9.17) is 5.73 Å². The highest BCUT2D eigenvalue weighted by Crippen LogP contribution is 2.29. The van der Waals surface area contributed by atoms with Gasteiger partial charge in [-0.05, 0) is 47.7 Å². The lowest BCUT2D eigenvalue weighted by Gasteiger charge is -1.97. The van der Waals surface area contributed by atoms with Crippen LogP contribution in [-0.4, -0.2) is 6.54 Å². The fraction of sp³-hybridized carbons (Fsp3) is 0.167. The van der Waals surface area contributed by atoms with Crippen LogP contribution in [0.2, 0.25) is 0 Å². The van der Waals surface area contributed by atoms with Crippen molar-refractivity contribution in [3.63, 3.8) is 0 Å². The molecule has 15 heavy (non-hydrogen) atoms. The first-order valence-corrected chi connectivity index (χ1v) is 6.50. The summed E-state index contributed by atoms with van der Waals surface area (Å²) in [5.74, 6) is 0. The first-order chi connectivity index (χ1) is 7.29. The van der Waals surface area contributed by atoms with E-state index in [0.29, 0.717) is 6.54 Å². The summed E-state index contributed by atoms with van der Waals surface area (Å²) >= 11 is 5.26. The van der Waals surface area contributed by atoms with Crippen molar-refractivity contribution in [1.82, 2.24) is 0 Å². The number of hydrogen-bond donors (Lipinski definition) is 1. The SMILES string of the molecule is NCCc1csc(-c2cccc(Br)c2)c1. The monoisotopic (exact) mass is 281 g/mol. The Balaban J connectivity index is 2.29. The summed E-state index contributed by atoms with van der Waals surface area (Å²) in [4.78, 5) is 1.31. The van der Waals surface area contributed by atoms with Gasteiger partial charge in [-0.1, -0.05) is 28.1 Å². The molecule has 0 amide bonds. The average Bonchev–Trinajstić information content (AvgIpc) is 2.67. The van der Waals surface area contributed by atoms with Gasteiger partial charge in [0.15, 0.2) is 0 Å². The Hall–Kier alpha value is -0.640. The Morgan fingerprint density at radius 2 is 2.13 bits per heavy atom. The second-order valence-electron chi connectivity index (χ2n) is 3.37. The van der Waals surface area contributed by atoms with Crippen molar-refractivity contribution in [1.29, 1.82) is 0 Å². The van der Waals surface area contributed by atoms with Crippen LogP contribution in [0.5, 0.6) is 0 Å². The summed E-state index contributed by atoms with van der Waals surface area (Å²) in [6.45, 7) is 0.717. The normalized spacial score (nSPS) is 10.5. The van der Waals surface area contributed by atoms with Crippen LogP contribution in [0.1, 0.15) is 5.56 Å². The van der Waals surface area contributed by atoms with Crippen LogP contribution in [-0.2, 0) is 6.42 Å². The zero-order valence-electron chi connectivity index (χ0n) is 8.24. The Bertz CT molecular complexity index is 450. The minimum atomic E-state index is 0.717. The third kappa shape index (κ3) is 2.68. The van der Waals surface area contributed by atoms with E-state index >= 15 is 0 Å². The number of benzene rings is 1. The molecule has 0 bridgehead atoms. The lowest BCUT2D eigenvalue weighted by Crippen LogP contribution is -2.01. The number of hydrogen-bond acceptors (Lipinski definition) is 2. The lowest BCUT2D eigenvalue weighted by atomic mass is 10.1.